The first-order valence-electron chi connectivity index (χ1n) is 8.24. The predicted octanol–water partition coefficient (Wildman–Crippen LogP) is 3.02. The number of carbonyl (C=O) groups excluding carboxylic acids is 1. The Morgan fingerprint density at radius 1 is 1.17 bits per heavy atom. The summed E-state index contributed by atoms with van der Waals surface area (Å²) in [5.74, 6) is 1.51. The molecule has 1 aliphatic heterocycles. The number of ether oxygens (including phenoxy) is 2. The van der Waals surface area contributed by atoms with Gasteiger partial charge < -0.3 is 14.4 Å². The van der Waals surface area contributed by atoms with Crippen molar-refractivity contribution < 1.29 is 14.3 Å². The third-order valence-electron chi connectivity index (χ3n) is 4.20. The lowest BCUT2D eigenvalue weighted by Crippen LogP contribution is -2.41. The van der Waals surface area contributed by atoms with Crippen molar-refractivity contribution >= 4 is 5.91 Å². The third kappa shape index (κ3) is 4.04. The molecule has 5 nitrogen and oxygen atoms in total. The van der Waals surface area contributed by atoms with Gasteiger partial charge in [-0.15, -0.1) is 0 Å². The summed E-state index contributed by atoms with van der Waals surface area (Å²) < 4.78 is 10.9. The van der Waals surface area contributed by atoms with E-state index in [1.807, 2.05) is 47.4 Å². The van der Waals surface area contributed by atoms with Crippen molar-refractivity contribution in [2.45, 2.75) is 12.8 Å². The van der Waals surface area contributed by atoms with Crippen molar-refractivity contribution in [3.8, 4) is 11.8 Å². The minimum Gasteiger partial charge on any atom is -0.481 e. The quantitative estimate of drug-likeness (QED) is 0.847. The predicted molar refractivity (Wildman–Crippen MR) is 91.4 cm³/mol. The molecular weight excluding hydrogens is 304 g/mol. The molecule has 1 unspecified atom stereocenters. The Hall–Kier alpha value is -2.56. The highest BCUT2D eigenvalue weighted by atomic mass is 16.5. The maximum absolute atomic E-state index is 12.6. The molecule has 5 heteroatoms. The average molecular weight is 326 g/mol. The van der Waals surface area contributed by atoms with Crippen molar-refractivity contribution in [3.05, 3.63) is 54.1 Å². The van der Waals surface area contributed by atoms with Crippen molar-refractivity contribution in [2.24, 2.45) is 5.92 Å². The largest absolute Gasteiger partial charge is 0.481 e. The molecule has 2 heterocycles. The topological polar surface area (TPSA) is 51.7 Å². The molecule has 0 spiro atoms. The van der Waals surface area contributed by atoms with E-state index in [1.165, 1.54) is 0 Å². The van der Waals surface area contributed by atoms with Crippen LogP contribution in [0.4, 0.5) is 0 Å². The van der Waals surface area contributed by atoms with E-state index >= 15 is 0 Å². The number of amides is 1. The second kappa shape index (κ2) is 7.81. The highest BCUT2D eigenvalue weighted by Gasteiger charge is 2.25. The lowest BCUT2D eigenvalue weighted by Gasteiger charge is -2.32. The van der Waals surface area contributed by atoms with Crippen LogP contribution < -0.4 is 9.47 Å². The number of benzene rings is 1. The lowest BCUT2D eigenvalue weighted by molar-refractivity contribution is 0.0631. The van der Waals surface area contributed by atoms with Crippen molar-refractivity contribution in [1.29, 1.82) is 0 Å². The van der Waals surface area contributed by atoms with Crippen LogP contribution in [0.25, 0.3) is 0 Å². The summed E-state index contributed by atoms with van der Waals surface area (Å²) >= 11 is 0. The normalized spacial score (nSPS) is 17.4. The molecular formula is C19H22N2O3. The average Bonchev–Trinajstić information content (AvgIpc) is 2.67. The second-order valence-electron chi connectivity index (χ2n) is 5.95. The summed E-state index contributed by atoms with van der Waals surface area (Å²) in [5.41, 5.74) is 0.744. The monoisotopic (exact) mass is 326 g/mol. The zero-order chi connectivity index (χ0) is 16.8. The van der Waals surface area contributed by atoms with Crippen LogP contribution in [0.2, 0.25) is 0 Å². The van der Waals surface area contributed by atoms with Crippen LogP contribution in [-0.4, -0.2) is 42.6 Å². The van der Waals surface area contributed by atoms with Crippen LogP contribution in [0, 0.1) is 5.92 Å². The first kappa shape index (κ1) is 16.3. The van der Waals surface area contributed by atoms with E-state index < -0.39 is 0 Å². The molecule has 1 aromatic heterocycles. The fraction of sp³-hybridized carbons (Fsp3) is 0.368. The van der Waals surface area contributed by atoms with E-state index in [1.54, 1.807) is 13.2 Å². The molecule has 2 aromatic rings. The summed E-state index contributed by atoms with van der Waals surface area (Å²) in [7, 11) is 1.58. The van der Waals surface area contributed by atoms with Crippen LogP contribution in [0.5, 0.6) is 11.8 Å². The van der Waals surface area contributed by atoms with Gasteiger partial charge >= 0.3 is 0 Å². The van der Waals surface area contributed by atoms with Gasteiger partial charge in [-0.1, -0.05) is 24.3 Å². The van der Waals surface area contributed by atoms with E-state index in [2.05, 4.69) is 4.98 Å². The number of pyridine rings is 1. The van der Waals surface area contributed by atoms with Gasteiger partial charge in [0.05, 0.1) is 13.7 Å². The van der Waals surface area contributed by atoms with Crippen LogP contribution in [0.15, 0.2) is 48.5 Å². The molecule has 1 fully saturated rings. The Morgan fingerprint density at radius 3 is 2.75 bits per heavy atom. The van der Waals surface area contributed by atoms with E-state index in [4.69, 9.17) is 9.47 Å². The molecule has 1 saturated heterocycles. The maximum atomic E-state index is 12.6. The summed E-state index contributed by atoms with van der Waals surface area (Å²) in [5, 5.41) is 0. The van der Waals surface area contributed by atoms with Gasteiger partial charge in [0.15, 0.2) is 0 Å². The number of aromatic nitrogens is 1. The van der Waals surface area contributed by atoms with Gasteiger partial charge in [0, 0.05) is 36.7 Å². The number of carbonyl (C=O) groups is 1. The molecule has 3 rings (SSSR count). The molecule has 126 valence electrons. The Kier molecular flexibility index (Phi) is 5.31. The SMILES string of the molecule is COc1cccc(OCC2CCCN(C(=O)c3ccccc3)C2)n1. The van der Waals surface area contributed by atoms with Gasteiger partial charge in [-0.05, 0) is 25.0 Å². The first-order chi connectivity index (χ1) is 11.8. The van der Waals surface area contributed by atoms with Gasteiger partial charge in [0.25, 0.3) is 5.91 Å². The Morgan fingerprint density at radius 2 is 1.96 bits per heavy atom. The molecule has 0 aliphatic carbocycles. The van der Waals surface area contributed by atoms with Gasteiger partial charge in [-0.3, -0.25) is 4.79 Å². The van der Waals surface area contributed by atoms with Crippen LogP contribution in [0.1, 0.15) is 23.2 Å². The molecule has 1 atom stereocenters. The molecule has 1 amide bonds. The summed E-state index contributed by atoms with van der Waals surface area (Å²) in [6.07, 6.45) is 2.06. The Balaban J connectivity index is 1.56. The van der Waals surface area contributed by atoms with Crippen molar-refractivity contribution in [1.82, 2.24) is 9.88 Å². The maximum Gasteiger partial charge on any atom is 0.253 e. The number of methoxy groups -OCH3 is 1. The zero-order valence-corrected chi connectivity index (χ0v) is 13.9. The number of hydrogen-bond donors (Lipinski definition) is 0. The molecule has 0 radical (unpaired) electrons. The van der Waals surface area contributed by atoms with Gasteiger partial charge in [0.2, 0.25) is 11.8 Å². The highest BCUT2D eigenvalue weighted by molar-refractivity contribution is 5.94. The number of nitrogens with zero attached hydrogens (tertiary/aromatic N) is 2. The van der Waals surface area contributed by atoms with Crippen molar-refractivity contribution in [2.75, 3.05) is 26.8 Å². The fourth-order valence-electron chi connectivity index (χ4n) is 2.94. The minimum absolute atomic E-state index is 0.0970. The summed E-state index contributed by atoms with van der Waals surface area (Å²) in [6.45, 7) is 2.08. The standard InChI is InChI=1S/C19H22N2O3/c1-23-17-10-5-11-18(20-17)24-14-15-7-6-12-21(13-15)19(22)16-8-3-2-4-9-16/h2-5,8-11,15H,6-7,12-14H2,1H3. The number of piperidine rings is 1. The molecule has 0 N–H and O–H groups in total. The second-order valence-corrected chi connectivity index (χ2v) is 5.95. The minimum atomic E-state index is 0.0970. The van der Waals surface area contributed by atoms with Gasteiger partial charge in [-0.2, -0.15) is 4.98 Å². The molecule has 1 aliphatic rings. The number of rotatable bonds is 5. The third-order valence-corrected chi connectivity index (χ3v) is 4.20. The molecule has 0 saturated carbocycles. The zero-order valence-electron chi connectivity index (χ0n) is 13.9. The van der Waals surface area contributed by atoms with Crippen LogP contribution >= 0.6 is 0 Å². The molecule has 0 bridgehead atoms. The van der Waals surface area contributed by atoms with Crippen LogP contribution in [-0.2, 0) is 0 Å². The summed E-state index contributed by atoms with van der Waals surface area (Å²) in [6, 6.07) is 14.9. The Bertz CT molecular complexity index is 675. The molecule has 24 heavy (non-hydrogen) atoms. The van der Waals surface area contributed by atoms with Crippen molar-refractivity contribution in [3.63, 3.8) is 0 Å². The first-order valence-corrected chi connectivity index (χ1v) is 8.24. The number of likely N-dealkylation sites (tertiary alicyclic amines) is 1. The van der Waals surface area contributed by atoms with E-state index in [0.29, 0.717) is 24.3 Å². The number of hydrogen-bond acceptors (Lipinski definition) is 4. The van der Waals surface area contributed by atoms with E-state index in [0.717, 1.165) is 31.5 Å². The lowest BCUT2D eigenvalue weighted by atomic mass is 9.98. The Labute approximate surface area is 142 Å². The summed E-state index contributed by atoms with van der Waals surface area (Å²) in [4.78, 5) is 18.7. The van der Waals surface area contributed by atoms with Crippen LogP contribution in [0.3, 0.4) is 0 Å². The van der Waals surface area contributed by atoms with Gasteiger partial charge in [0.1, 0.15) is 0 Å². The highest BCUT2D eigenvalue weighted by Crippen LogP contribution is 2.20. The smallest absolute Gasteiger partial charge is 0.253 e. The molecule has 1 aromatic carbocycles. The fourth-order valence-corrected chi connectivity index (χ4v) is 2.94. The van der Waals surface area contributed by atoms with E-state index in [-0.39, 0.29) is 5.91 Å². The van der Waals surface area contributed by atoms with Gasteiger partial charge in [-0.25, -0.2) is 0 Å². The van der Waals surface area contributed by atoms with E-state index in [9.17, 15) is 4.79 Å².